The van der Waals surface area contributed by atoms with Crippen molar-refractivity contribution >= 4 is 27.1 Å². The molecule has 2 aromatic rings. The number of hydrogen-bond acceptors (Lipinski definition) is 7. The molecule has 1 fully saturated rings. The summed E-state index contributed by atoms with van der Waals surface area (Å²) in [6, 6.07) is 10.3. The van der Waals surface area contributed by atoms with Crippen molar-refractivity contribution in [2.45, 2.75) is 31.1 Å². The highest BCUT2D eigenvalue weighted by Crippen LogP contribution is 2.33. The van der Waals surface area contributed by atoms with E-state index >= 15 is 0 Å². The molecule has 0 unspecified atom stereocenters. The van der Waals surface area contributed by atoms with Crippen molar-refractivity contribution in [2.75, 3.05) is 31.1 Å². The molecule has 0 spiro atoms. The van der Waals surface area contributed by atoms with Gasteiger partial charge in [0.1, 0.15) is 5.69 Å². The molecule has 10 nitrogen and oxygen atoms in total. The molecule has 0 saturated carbocycles. The van der Waals surface area contributed by atoms with E-state index in [4.69, 9.17) is 0 Å². The molecule has 0 bridgehead atoms. The van der Waals surface area contributed by atoms with Crippen molar-refractivity contribution in [3.05, 3.63) is 68.3 Å². The summed E-state index contributed by atoms with van der Waals surface area (Å²) in [7, 11) is -3.69. The summed E-state index contributed by atoms with van der Waals surface area (Å²) in [6.45, 7) is 6.91. The number of anilines is 1. The summed E-state index contributed by atoms with van der Waals surface area (Å²) in [4.78, 5) is 22.8. The SMILES string of the molecule is CC(C)(C)c1ccc(S(=O)(=O)N2CCN(c3ccc([N+](=O)[O-])cc3[N+](=O)[O-])CC2)cc1. The quantitative estimate of drug-likeness (QED) is 0.507. The number of nitro groups is 2. The second-order valence-electron chi connectivity index (χ2n) is 8.35. The average molecular weight is 449 g/mol. The highest BCUT2D eigenvalue weighted by atomic mass is 32.2. The second-order valence-corrected chi connectivity index (χ2v) is 10.3. The molecule has 0 atom stereocenters. The minimum Gasteiger partial charge on any atom is -0.363 e. The van der Waals surface area contributed by atoms with Crippen LogP contribution in [0.3, 0.4) is 0 Å². The van der Waals surface area contributed by atoms with Crippen LogP contribution in [-0.4, -0.2) is 48.7 Å². The molecule has 3 rings (SSSR count). The number of benzene rings is 2. The molecule has 2 aromatic carbocycles. The Morgan fingerprint density at radius 3 is 1.94 bits per heavy atom. The number of nitrogens with zero attached hydrogens (tertiary/aromatic N) is 4. The van der Waals surface area contributed by atoms with Crippen LogP contribution in [0, 0.1) is 20.2 Å². The van der Waals surface area contributed by atoms with Crippen LogP contribution in [0.5, 0.6) is 0 Å². The van der Waals surface area contributed by atoms with Gasteiger partial charge in [-0.05, 0) is 29.2 Å². The minimum atomic E-state index is -3.69. The molecular weight excluding hydrogens is 424 g/mol. The minimum absolute atomic E-state index is 0.0899. The monoisotopic (exact) mass is 448 g/mol. The number of nitro benzene ring substituents is 2. The molecule has 11 heteroatoms. The van der Waals surface area contributed by atoms with Gasteiger partial charge < -0.3 is 4.90 Å². The average Bonchev–Trinajstić information content (AvgIpc) is 2.72. The van der Waals surface area contributed by atoms with Gasteiger partial charge in [0.2, 0.25) is 10.0 Å². The fourth-order valence-electron chi connectivity index (χ4n) is 3.48. The Bertz CT molecular complexity index is 1100. The van der Waals surface area contributed by atoms with Crippen molar-refractivity contribution in [3.63, 3.8) is 0 Å². The van der Waals surface area contributed by atoms with Crippen LogP contribution < -0.4 is 4.90 Å². The van der Waals surface area contributed by atoms with Crippen LogP contribution >= 0.6 is 0 Å². The summed E-state index contributed by atoms with van der Waals surface area (Å²) in [6.07, 6.45) is 0. The summed E-state index contributed by atoms with van der Waals surface area (Å²) in [5, 5.41) is 22.3. The zero-order chi connectivity index (χ0) is 23.0. The summed E-state index contributed by atoms with van der Waals surface area (Å²) in [5.41, 5.74) is 0.440. The van der Waals surface area contributed by atoms with E-state index in [0.717, 1.165) is 11.6 Å². The molecule has 0 amide bonds. The van der Waals surface area contributed by atoms with E-state index in [1.54, 1.807) is 17.0 Å². The summed E-state index contributed by atoms with van der Waals surface area (Å²) < 4.78 is 27.4. The van der Waals surface area contributed by atoms with Crippen LogP contribution in [0.1, 0.15) is 26.3 Å². The van der Waals surface area contributed by atoms with Gasteiger partial charge in [0, 0.05) is 32.2 Å². The van der Waals surface area contributed by atoms with Gasteiger partial charge in [-0.25, -0.2) is 8.42 Å². The smallest absolute Gasteiger partial charge is 0.299 e. The number of hydrogen-bond donors (Lipinski definition) is 0. The van der Waals surface area contributed by atoms with Gasteiger partial charge in [0.15, 0.2) is 0 Å². The van der Waals surface area contributed by atoms with E-state index in [2.05, 4.69) is 0 Å². The zero-order valence-electron chi connectivity index (χ0n) is 17.5. The predicted molar refractivity (Wildman–Crippen MR) is 116 cm³/mol. The number of non-ortho nitro benzene ring substituents is 1. The molecule has 0 aliphatic carbocycles. The van der Waals surface area contributed by atoms with Gasteiger partial charge in [-0.3, -0.25) is 20.2 Å². The van der Waals surface area contributed by atoms with Crippen molar-refractivity contribution in [1.29, 1.82) is 0 Å². The Morgan fingerprint density at radius 2 is 1.45 bits per heavy atom. The number of sulfonamides is 1. The Balaban J connectivity index is 1.77. The van der Waals surface area contributed by atoms with E-state index in [1.807, 2.05) is 32.9 Å². The van der Waals surface area contributed by atoms with Crippen LogP contribution in [-0.2, 0) is 15.4 Å². The molecule has 31 heavy (non-hydrogen) atoms. The Morgan fingerprint density at radius 1 is 0.871 bits per heavy atom. The van der Waals surface area contributed by atoms with Crippen molar-refractivity contribution in [1.82, 2.24) is 4.31 Å². The van der Waals surface area contributed by atoms with Gasteiger partial charge in [0.25, 0.3) is 11.4 Å². The van der Waals surface area contributed by atoms with E-state index in [0.29, 0.717) is 0 Å². The van der Waals surface area contributed by atoms with E-state index in [1.165, 1.54) is 16.4 Å². The maximum absolute atomic E-state index is 13.0. The molecule has 0 radical (unpaired) electrons. The highest BCUT2D eigenvalue weighted by Gasteiger charge is 2.31. The van der Waals surface area contributed by atoms with Crippen molar-refractivity contribution < 1.29 is 18.3 Å². The molecule has 1 aliphatic heterocycles. The lowest BCUT2D eigenvalue weighted by Crippen LogP contribution is -2.48. The first-order chi connectivity index (χ1) is 14.4. The van der Waals surface area contributed by atoms with E-state index in [9.17, 15) is 28.6 Å². The van der Waals surface area contributed by atoms with Crippen molar-refractivity contribution in [3.8, 4) is 0 Å². The van der Waals surface area contributed by atoms with Gasteiger partial charge >= 0.3 is 0 Å². The molecule has 1 saturated heterocycles. The molecule has 166 valence electrons. The first kappa shape index (κ1) is 22.6. The normalized spacial score (nSPS) is 15.6. The second kappa shape index (κ2) is 8.23. The molecule has 1 heterocycles. The van der Waals surface area contributed by atoms with E-state index < -0.39 is 19.9 Å². The molecule has 1 aliphatic rings. The Kier molecular flexibility index (Phi) is 6.01. The van der Waals surface area contributed by atoms with Crippen LogP contribution in [0.2, 0.25) is 0 Å². The third-order valence-electron chi connectivity index (χ3n) is 5.30. The largest absolute Gasteiger partial charge is 0.363 e. The standard InChI is InChI=1S/C20H24N4O6S/c1-20(2,3)15-4-7-17(8-5-15)31(29,30)22-12-10-21(11-13-22)18-9-6-16(23(25)26)14-19(18)24(27)28/h4-9,14H,10-13H2,1-3H3. The third kappa shape index (κ3) is 4.67. The first-order valence-electron chi connectivity index (χ1n) is 9.70. The van der Waals surface area contributed by atoms with Crippen molar-refractivity contribution in [2.24, 2.45) is 0 Å². The molecular formula is C20H24N4O6S. The first-order valence-corrected chi connectivity index (χ1v) is 11.1. The van der Waals surface area contributed by atoms with Gasteiger partial charge in [-0.1, -0.05) is 32.9 Å². The fraction of sp³-hybridized carbons (Fsp3) is 0.400. The lowest BCUT2D eigenvalue weighted by atomic mass is 9.87. The fourth-order valence-corrected chi connectivity index (χ4v) is 4.91. The van der Waals surface area contributed by atoms with Crippen LogP contribution in [0.15, 0.2) is 47.4 Å². The summed E-state index contributed by atoms with van der Waals surface area (Å²) in [5.74, 6) is 0. The van der Waals surface area contributed by atoms with Gasteiger partial charge in [-0.2, -0.15) is 4.31 Å². The van der Waals surface area contributed by atoms with Gasteiger partial charge in [-0.15, -0.1) is 0 Å². The lowest BCUT2D eigenvalue weighted by Gasteiger charge is -2.35. The molecule has 0 N–H and O–H groups in total. The van der Waals surface area contributed by atoms with Gasteiger partial charge in [0.05, 0.1) is 20.8 Å². The van der Waals surface area contributed by atoms with E-state index in [-0.39, 0.29) is 53.6 Å². The summed E-state index contributed by atoms with van der Waals surface area (Å²) >= 11 is 0. The maximum Gasteiger partial charge on any atom is 0.299 e. The predicted octanol–water partition coefficient (Wildman–Crippen LogP) is 3.31. The Labute approximate surface area is 180 Å². The number of piperazine rings is 1. The Hall–Kier alpha value is -3.05. The lowest BCUT2D eigenvalue weighted by molar-refractivity contribution is -0.393. The topological polar surface area (TPSA) is 127 Å². The zero-order valence-corrected chi connectivity index (χ0v) is 18.3. The maximum atomic E-state index is 13.0. The third-order valence-corrected chi connectivity index (χ3v) is 7.22. The van der Waals surface area contributed by atoms with Crippen LogP contribution in [0.25, 0.3) is 0 Å². The number of rotatable bonds is 5. The highest BCUT2D eigenvalue weighted by molar-refractivity contribution is 7.89. The molecule has 0 aromatic heterocycles. The van der Waals surface area contributed by atoms with Crippen LogP contribution in [0.4, 0.5) is 17.1 Å².